The zero-order valence-corrected chi connectivity index (χ0v) is 12.5. The number of hydrogen-bond acceptors (Lipinski definition) is 2. The Labute approximate surface area is 112 Å². The fraction of sp³-hybridized carbons (Fsp3) is 0.800. The summed E-state index contributed by atoms with van der Waals surface area (Å²) in [6, 6.07) is 0.468. The van der Waals surface area contributed by atoms with E-state index in [2.05, 4.69) is 37.5 Å². The SMILES string of the molecule is CCCCCCCC(NC)c1cn(C)nc1CC. The zero-order valence-electron chi connectivity index (χ0n) is 12.5. The van der Waals surface area contributed by atoms with Gasteiger partial charge in [0, 0.05) is 24.8 Å². The maximum atomic E-state index is 4.53. The van der Waals surface area contributed by atoms with Crippen molar-refractivity contribution in [3.8, 4) is 0 Å². The maximum absolute atomic E-state index is 4.53. The summed E-state index contributed by atoms with van der Waals surface area (Å²) in [5, 5.41) is 7.98. The standard InChI is InChI=1S/C15H29N3/c1-5-7-8-9-10-11-15(16-3)13-12-18(4)17-14(13)6-2/h12,15-16H,5-11H2,1-4H3. The number of unbranched alkanes of at least 4 members (excludes halogenated alkanes) is 4. The molecule has 0 saturated carbocycles. The lowest BCUT2D eigenvalue weighted by atomic mass is 9.99. The minimum Gasteiger partial charge on any atom is -0.313 e. The summed E-state index contributed by atoms with van der Waals surface area (Å²) in [5.41, 5.74) is 2.63. The molecule has 0 aromatic carbocycles. The Kier molecular flexibility index (Phi) is 7.02. The lowest BCUT2D eigenvalue weighted by Gasteiger charge is -2.15. The average molecular weight is 251 g/mol. The Morgan fingerprint density at radius 2 is 1.94 bits per heavy atom. The highest BCUT2D eigenvalue weighted by Gasteiger charge is 2.15. The first-order valence-electron chi connectivity index (χ1n) is 7.42. The Hall–Kier alpha value is -0.830. The van der Waals surface area contributed by atoms with Crippen LogP contribution in [0.3, 0.4) is 0 Å². The molecule has 3 nitrogen and oxygen atoms in total. The van der Waals surface area contributed by atoms with Gasteiger partial charge in [0.05, 0.1) is 5.69 Å². The molecule has 1 unspecified atom stereocenters. The topological polar surface area (TPSA) is 29.9 Å². The molecule has 0 aliphatic carbocycles. The zero-order chi connectivity index (χ0) is 13.4. The third-order valence-electron chi connectivity index (χ3n) is 3.59. The monoisotopic (exact) mass is 251 g/mol. The summed E-state index contributed by atoms with van der Waals surface area (Å²) < 4.78 is 1.94. The molecule has 0 fully saturated rings. The highest BCUT2D eigenvalue weighted by Crippen LogP contribution is 2.23. The van der Waals surface area contributed by atoms with Gasteiger partial charge in [-0.05, 0) is 19.9 Å². The van der Waals surface area contributed by atoms with Crippen molar-refractivity contribution in [2.24, 2.45) is 7.05 Å². The molecule has 1 atom stereocenters. The first kappa shape index (κ1) is 15.2. The van der Waals surface area contributed by atoms with Crippen LogP contribution in [0.4, 0.5) is 0 Å². The molecule has 0 aliphatic heterocycles. The number of hydrogen-bond donors (Lipinski definition) is 1. The number of nitrogens with one attached hydrogen (secondary N) is 1. The van der Waals surface area contributed by atoms with Crippen LogP contribution in [0.2, 0.25) is 0 Å². The van der Waals surface area contributed by atoms with E-state index in [-0.39, 0.29) is 0 Å². The molecule has 0 radical (unpaired) electrons. The van der Waals surface area contributed by atoms with Gasteiger partial charge in [-0.15, -0.1) is 0 Å². The van der Waals surface area contributed by atoms with Crippen molar-refractivity contribution < 1.29 is 0 Å². The van der Waals surface area contributed by atoms with Crippen LogP contribution in [0.5, 0.6) is 0 Å². The number of aromatic nitrogens is 2. The number of nitrogens with zero attached hydrogens (tertiary/aromatic N) is 2. The molecule has 0 saturated heterocycles. The van der Waals surface area contributed by atoms with E-state index >= 15 is 0 Å². The highest BCUT2D eigenvalue weighted by atomic mass is 15.3. The molecule has 0 amide bonds. The minimum absolute atomic E-state index is 0.468. The summed E-state index contributed by atoms with van der Waals surface area (Å²) in [7, 11) is 4.07. The predicted molar refractivity (Wildman–Crippen MR) is 77.8 cm³/mol. The maximum Gasteiger partial charge on any atom is 0.0669 e. The first-order chi connectivity index (χ1) is 8.72. The summed E-state index contributed by atoms with van der Waals surface area (Å²) in [5.74, 6) is 0. The van der Waals surface area contributed by atoms with E-state index < -0.39 is 0 Å². The van der Waals surface area contributed by atoms with E-state index in [4.69, 9.17) is 0 Å². The summed E-state index contributed by atoms with van der Waals surface area (Å²) in [6.07, 6.45) is 11.1. The van der Waals surface area contributed by atoms with Crippen molar-refractivity contribution in [1.82, 2.24) is 15.1 Å². The molecule has 1 N–H and O–H groups in total. The van der Waals surface area contributed by atoms with Crippen LogP contribution in [0.15, 0.2) is 6.20 Å². The highest BCUT2D eigenvalue weighted by molar-refractivity contribution is 5.21. The van der Waals surface area contributed by atoms with E-state index in [1.54, 1.807) is 0 Å². The third kappa shape index (κ3) is 4.45. The quantitative estimate of drug-likeness (QED) is 0.680. The first-order valence-corrected chi connectivity index (χ1v) is 7.42. The van der Waals surface area contributed by atoms with Crippen LogP contribution in [-0.2, 0) is 13.5 Å². The van der Waals surface area contributed by atoms with Gasteiger partial charge in [-0.2, -0.15) is 5.10 Å². The largest absolute Gasteiger partial charge is 0.313 e. The molecule has 1 heterocycles. The second kappa shape index (κ2) is 8.30. The molecular formula is C15H29N3. The van der Waals surface area contributed by atoms with Crippen LogP contribution >= 0.6 is 0 Å². The molecule has 104 valence electrons. The molecular weight excluding hydrogens is 222 g/mol. The number of rotatable bonds is 9. The van der Waals surface area contributed by atoms with Crippen molar-refractivity contribution in [2.75, 3.05) is 7.05 Å². The van der Waals surface area contributed by atoms with Crippen LogP contribution in [-0.4, -0.2) is 16.8 Å². The smallest absolute Gasteiger partial charge is 0.0669 e. The molecule has 0 bridgehead atoms. The van der Waals surface area contributed by atoms with Gasteiger partial charge < -0.3 is 5.32 Å². The molecule has 1 rings (SSSR count). The molecule has 1 aromatic heterocycles. The normalized spacial score (nSPS) is 12.9. The molecule has 0 spiro atoms. The predicted octanol–water partition coefficient (Wildman–Crippen LogP) is 3.60. The lowest BCUT2D eigenvalue weighted by Crippen LogP contribution is -2.17. The summed E-state index contributed by atoms with van der Waals surface area (Å²) in [4.78, 5) is 0. The van der Waals surface area contributed by atoms with Gasteiger partial charge in [-0.3, -0.25) is 4.68 Å². The molecule has 18 heavy (non-hydrogen) atoms. The van der Waals surface area contributed by atoms with Gasteiger partial charge in [-0.1, -0.05) is 46.0 Å². The van der Waals surface area contributed by atoms with Gasteiger partial charge in [0.1, 0.15) is 0 Å². The van der Waals surface area contributed by atoms with E-state index in [0.717, 1.165) is 6.42 Å². The van der Waals surface area contributed by atoms with E-state index in [9.17, 15) is 0 Å². The Balaban J connectivity index is 2.49. The molecule has 0 aliphatic rings. The summed E-state index contributed by atoms with van der Waals surface area (Å²) in [6.45, 7) is 4.44. The van der Waals surface area contributed by atoms with E-state index in [0.29, 0.717) is 6.04 Å². The Bertz CT molecular complexity index is 330. The molecule has 3 heteroatoms. The summed E-state index contributed by atoms with van der Waals surface area (Å²) >= 11 is 0. The van der Waals surface area contributed by atoms with Crippen molar-refractivity contribution in [1.29, 1.82) is 0 Å². The van der Waals surface area contributed by atoms with Gasteiger partial charge in [-0.25, -0.2) is 0 Å². The fourth-order valence-corrected chi connectivity index (χ4v) is 2.53. The Morgan fingerprint density at radius 1 is 1.22 bits per heavy atom. The van der Waals surface area contributed by atoms with Crippen molar-refractivity contribution in [3.05, 3.63) is 17.5 Å². The van der Waals surface area contributed by atoms with E-state index in [1.807, 2.05) is 11.7 Å². The van der Waals surface area contributed by atoms with E-state index in [1.165, 1.54) is 49.8 Å². The molecule has 1 aromatic rings. The fourth-order valence-electron chi connectivity index (χ4n) is 2.53. The number of aryl methyl sites for hydroxylation is 2. The van der Waals surface area contributed by atoms with Crippen LogP contribution < -0.4 is 5.32 Å². The van der Waals surface area contributed by atoms with Gasteiger partial charge in [0.2, 0.25) is 0 Å². The lowest BCUT2D eigenvalue weighted by molar-refractivity contribution is 0.498. The van der Waals surface area contributed by atoms with Crippen LogP contribution in [0.25, 0.3) is 0 Å². The second-order valence-corrected chi connectivity index (χ2v) is 5.10. The van der Waals surface area contributed by atoms with Crippen molar-refractivity contribution in [2.45, 2.75) is 64.8 Å². The van der Waals surface area contributed by atoms with Gasteiger partial charge >= 0.3 is 0 Å². The van der Waals surface area contributed by atoms with Crippen LogP contribution in [0, 0.1) is 0 Å². The average Bonchev–Trinajstić information content (AvgIpc) is 2.75. The minimum atomic E-state index is 0.468. The van der Waals surface area contributed by atoms with Gasteiger partial charge in [0.25, 0.3) is 0 Å². The second-order valence-electron chi connectivity index (χ2n) is 5.10. The van der Waals surface area contributed by atoms with Crippen LogP contribution in [0.1, 0.15) is 69.7 Å². The third-order valence-corrected chi connectivity index (χ3v) is 3.59. The van der Waals surface area contributed by atoms with Crippen molar-refractivity contribution >= 4 is 0 Å². The van der Waals surface area contributed by atoms with Gasteiger partial charge in [0.15, 0.2) is 0 Å². The van der Waals surface area contributed by atoms with Crippen molar-refractivity contribution in [3.63, 3.8) is 0 Å². The Morgan fingerprint density at radius 3 is 2.56 bits per heavy atom.